The SMILES string of the molecule is C=CCOc1cc(B(O)O)c(F)cc1Cl. The van der Waals surface area contributed by atoms with Crippen LogP contribution in [0.3, 0.4) is 0 Å². The lowest BCUT2D eigenvalue weighted by molar-refractivity contribution is 0.362. The van der Waals surface area contributed by atoms with Crippen molar-refractivity contribution in [2.45, 2.75) is 0 Å². The van der Waals surface area contributed by atoms with E-state index in [1.165, 1.54) is 6.08 Å². The first-order valence-electron chi connectivity index (χ1n) is 4.15. The zero-order valence-electron chi connectivity index (χ0n) is 7.78. The molecule has 2 N–H and O–H groups in total. The fourth-order valence-electron chi connectivity index (χ4n) is 1.00. The average Bonchev–Trinajstić information content (AvgIpc) is 2.16. The Balaban J connectivity index is 3.05. The van der Waals surface area contributed by atoms with E-state index in [1.54, 1.807) is 0 Å². The Labute approximate surface area is 91.9 Å². The molecule has 3 nitrogen and oxygen atoms in total. The minimum Gasteiger partial charge on any atom is -0.488 e. The lowest BCUT2D eigenvalue weighted by atomic mass is 9.80. The van der Waals surface area contributed by atoms with Crippen LogP contribution in [-0.4, -0.2) is 23.8 Å². The maximum Gasteiger partial charge on any atom is 0.491 e. The van der Waals surface area contributed by atoms with Crippen molar-refractivity contribution in [3.8, 4) is 5.75 Å². The Bertz CT molecular complexity index is 371. The van der Waals surface area contributed by atoms with Crippen molar-refractivity contribution in [1.82, 2.24) is 0 Å². The summed E-state index contributed by atoms with van der Waals surface area (Å²) in [5.74, 6) is -0.609. The van der Waals surface area contributed by atoms with Crippen LogP contribution in [0.25, 0.3) is 0 Å². The summed E-state index contributed by atoms with van der Waals surface area (Å²) in [6.07, 6.45) is 1.49. The second kappa shape index (κ2) is 5.16. The van der Waals surface area contributed by atoms with E-state index >= 15 is 0 Å². The largest absolute Gasteiger partial charge is 0.491 e. The van der Waals surface area contributed by atoms with Gasteiger partial charge < -0.3 is 14.8 Å². The molecule has 6 heteroatoms. The van der Waals surface area contributed by atoms with Gasteiger partial charge in [0.15, 0.2) is 0 Å². The summed E-state index contributed by atoms with van der Waals surface area (Å²) in [5.41, 5.74) is -0.279. The summed E-state index contributed by atoms with van der Waals surface area (Å²) in [7, 11) is -1.90. The van der Waals surface area contributed by atoms with Gasteiger partial charge >= 0.3 is 7.12 Å². The number of halogens is 2. The van der Waals surface area contributed by atoms with E-state index in [9.17, 15) is 4.39 Å². The molecule has 0 saturated carbocycles. The van der Waals surface area contributed by atoms with Crippen LogP contribution in [0.1, 0.15) is 0 Å². The number of rotatable bonds is 4. The third-order valence-corrected chi connectivity index (χ3v) is 1.98. The van der Waals surface area contributed by atoms with Crippen LogP contribution in [0, 0.1) is 5.82 Å². The third kappa shape index (κ3) is 2.96. The molecule has 0 saturated heterocycles. The predicted molar refractivity (Wildman–Crippen MR) is 56.9 cm³/mol. The minimum absolute atomic E-state index is 0.0683. The number of benzene rings is 1. The standard InChI is InChI=1S/C9H9BClFO3/c1-2-3-15-9-4-6(10(13)14)8(12)5-7(9)11/h2,4-5,13-14H,1,3H2. The van der Waals surface area contributed by atoms with Gasteiger partial charge in [-0.05, 0) is 12.1 Å². The highest BCUT2D eigenvalue weighted by Crippen LogP contribution is 2.23. The number of ether oxygens (including phenoxy) is 1. The van der Waals surface area contributed by atoms with Gasteiger partial charge in [-0.25, -0.2) is 4.39 Å². The Kier molecular flexibility index (Phi) is 4.14. The lowest BCUT2D eigenvalue weighted by Crippen LogP contribution is -2.32. The van der Waals surface area contributed by atoms with E-state index < -0.39 is 12.9 Å². The molecule has 0 aliphatic heterocycles. The molecule has 1 aromatic rings. The maximum atomic E-state index is 13.1. The summed E-state index contributed by atoms with van der Waals surface area (Å²) in [6, 6.07) is 2.11. The molecule has 0 aromatic heterocycles. The molecule has 15 heavy (non-hydrogen) atoms. The Morgan fingerprint density at radius 2 is 2.20 bits per heavy atom. The summed E-state index contributed by atoms with van der Waals surface area (Å²) < 4.78 is 18.2. The molecule has 0 radical (unpaired) electrons. The van der Waals surface area contributed by atoms with Gasteiger partial charge in [-0.2, -0.15) is 0 Å². The highest BCUT2D eigenvalue weighted by molar-refractivity contribution is 6.58. The first-order valence-corrected chi connectivity index (χ1v) is 4.52. The van der Waals surface area contributed by atoms with Crippen LogP contribution in [0.15, 0.2) is 24.8 Å². The van der Waals surface area contributed by atoms with Crippen molar-refractivity contribution in [3.63, 3.8) is 0 Å². The molecule has 1 aromatic carbocycles. The first kappa shape index (κ1) is 12.0. The first-order chi connectivity index (χ1) is 7.06. The zero-order valence-corrected chi connectivity index (χ0v) is 8.54. The second-order valence-electron chi connectivity index (χ2n) is 2.78. The Hall–Kier alpha value is -1.04. The summed E-state index contributed by atoms with van der Waals surface area (Å²) in [4.78, 5) is 0. The molecule has 0 unspecified atom stereocenters. The molecule has 0 bridgehead atoms. The summed E-state index contributed by atoms with van der Waals surface area (Å²) >= 11 is 5.68. The van der Waals surface area contributed by atoms with E-state index in [4.69, 9.17) is 26.4 Å². The fraction of sp³-hybridized carbons (Fsp3) is 0.111. The molecule has 0 fully saturated rings. The third-order valence-electron chi connectivity index (χ3n) is 1.69. The van der Waals surface area contributed by atoms with E-state index in [-0.39, 0.29) is 22.8 Å². The topological polar surface area (TPSA) is 49.7 Å². The highest BCUT2D eigenvalue weighted by Gasteiger charge is 2.19. The Morgan fingerprint density at radius 3 is 2.73 bits per heavy atom. The van der Waals surface area contributed by atoms with Gasteiger partial charge in [-0.1, -0.05) is 24.3 Å². The average molecular weight is 230 g/mol. The predicted octanol–water partition coefficient (Wildman–Crippen LogP) is 0.724. The van der Waals surface area contributed by atoms with E-state index in [1.807, 2.05) is 0 Å². The van der Waals surface area contributed by atoms with Gasteiger partial charge in [0.25, 0.3) is 0 Å². The van der Waals surface area contributed by atoms with Crippen LogP contribution in [0.4, 0.5) is 4.39 Å². The normalized spacial score (nSPS) is 9.87. The van der Waals surface area contributed by atoms with Gasteiger partial charge in [0.2, 0.25) is 0 Å². The van der Waals surface area contributed by atoms with Crippen molar-refractivity contribution < 1.29 is 19.2 Å². The van der Waals surface area contributed by atoms with Crippen LogP contribution in [0.5, 0.6) is 5.75 Å². The molecule has 0 aliphatic carbocycles. The van der Waals surface area contributed by atoms with Crippen LogP contribution >= 0.6 is 11.6 Å². The Morgan fingerprint density at radius 1 is 1.53 bits per heavy atom. The summed E-state index contributed by atoms with van der Waals surface area (Å²) in [6.45, 7) is 3.64. The van der Waals surface area contributed by atoms with Crippen molar-refractivity contribution >= 4 is 24.2 Å². The number of hydrogen-bond donors (Lipinski definition) is 2. The van der Waals surface area contributed by atoms with Gasteiger partial charge in [-0.15, -0.1) is 0 Å². The molecule has 0 aliphatic rings. The van der Waals surface area contributed by atoms with Gasteiger partial charge in [0.05, 0.1) is 5.02 Å². The molecule has 0 heterocycles. The fourth-order valence-corrected chi connectivity index (χ4v) is 1.21. The van der Waals surface area contributed by atoms with Crippen molar-refractivity contribution in [2.24, 2.45) is 0 Å². The highest BCUT2D eigenvalue weighted by atomic mass is 35.5. The molecule has 80 valence electrons. The van der Waals surface area contributed by atoms with Crippen LogP contribution < -0.4 is 10.2 Å². The van der Waals surface area contributed by atoms with E-state index in [0.29, 0.717) is 0 Å². The molecule has 0 atom stereocenters. The van der Waals surface area contributed by atoms with E-state index in [2.05, 4.69) is 6.58 Å². The van der Waals surface area contributed by atoms with E-state index in [0.717, 1.165) is 12.1 Å². The van der Waals surface area contributed by atoms with Crippen LogP contribution in [-0.2, 0) is 0 Å². The monoisotopic (exact) mass is 230 g/mol. The van der Waals surface area contributed by atoms with Crippen molar-refractivity contribution in [2.75, 3.05) is 6.61 Å². The molecule has 0 spiro atoms. The maximum absolute atomic E-state index is 13.1. The van der Waals surface area contributed by atoms with Crippen molar-refractivity contribution in [3.05, 3.63) is 35.6 Å². The molecular formula is C9H9BClFO3. The lowest BCUT2D eigenvalue weighted by Gasteiger charge is -2.09. The zero-order chi connectivity index (χ0) is 11.4. The molecule has 0 amide bonds. The smallest absolute Gasteiger partial charge is 0.488 e. The van der Waals surface area contributed by atoms with Gasteiger partial charge in [0.1, 0.15) is 18.2 Å². The summed E-state index contributed by atoms with van der Waals surface area (Å²) in [5, 5.41) is 17.8. The molecular weight excluding hydrogens is 221 g/mol. The quantitative estimate of drug-likeness (QED) is 0.592. The van der Waals surface area contributed by atoms with Crippen LogP contribution in [0.2, 0.25) is 5.02 Å². The molecule has 1 rings (SSSR count). The second-order valence-corrected chi connectivity index (χ2v) is 3.18. The van der Waals surface area contributed by atoms with Gasteiger partial charge in [0, 0.05) is 5.46 Å². The number of hydrogen-bond acceptors (Lipinski definition) is 3. The minimum atomic E-state index is -1.90. The van der Waals surface area contributed by atoms with Crippen molar-refractivity contribution in [1.29, 1.82) is 0 Å². The van der Waals surface area contributed by atoms with Gasteiger partial charge in [-0.3, -0.25) is 0 Å².